The molecule has 1 aliphatic rings. The molecule has 0 N–H and O–H groups in total. The van der Waals surface area contributed by atoms with E-state index < -0.39 is 8.07 Å². The molecule has 36 heavy (non-hydrogen) atoms. The van der Waals surface area contributed by atoms with E-state index in [-0.39, 0.29) is 10.8 Å². The van der Waals surface area contributed by atoms with Gasteiger partial charge in [-0.1, -0.05) is 122 Å². The monoisotopic (exact) mass is 498 g/mol. The molecule has 0 amide bonds. The molecule has 0 atom stereocenters. The third-order valence-corrected chi connectivity index (χ3v) is 10.3. The van der Waals surface area contributed by atoms with Crippen LogP contribution in [0.2, 0.25) is 0 Å². The molecule has 3 heteroatoms. The van der Waals surface area contributed by atoms with Gasteiger partial charge in [-0.15, -0.1) is 0 Å². The number of nitrogens with zero attached hydrogens (tertiary/aromatic N) is 2. The van der Waals surface area contributed by atoms with Crippen LogP contribution in [0.4, 0.5) is 11.4 Å². The summed E-state index contributed by atoms with van der Waals surface area (Å²) in [5.41, 5.74) is 9.80. The minimum Gasteiger partial charge on any atom is -0.303 e. The minimum absolute atomic E-state index is 0.0162. The molecule has 0 aliphatic carbocycles. The van der Waals surface area contributed by atoms with Gasteiger partial charge in [0.1, 0.15) is 5.84 Å². The second kappa shape index (κ2) is 9.79. The van der Waals surface area contributed by atoms with E-state index in [4.69, 9.17) is 4.99 Å². The molecule has 0 bridgehead atoms. The maximum absolute atomic E-state index is 5.55. The van der Waals surface area contributed by atoms with Gasteiger partial charge >= 0.3 is 0 Å². The average molecular weight is 499 g/mol. The SMILES string of the molecule is Cc1ccc2c(c1)C(C)(C)c1ccccc1N=C2N(c1ccccc1C(C)(C)C)P(C(C)C)C(C)C. The quantitative estimate of drug-likeness (QED) is 0.327. The molecule has 1 aliphatic heterocycles. The highest BCUT2D eigenvalue weighted by atomic mass is 31.1. The van der Waals surface area contributed by atoms with Crippen LogP contribution in [0.1, 0.15) is 90.1 Å². The Morgan fingerprint density at radius 1 is 0.806 bits per heavy atom. The van der Waals surface area contributed by atoms with E-state index in [0.29, 0.717) is 11.3 Å². The predicted molar refractivity (Wildman–Crippen MR) is 161 cm³/mol. The van der Waals surface area contributed by atoms with Gasteiger partial charge in [0, 0.05) is 24.7 Å². The molecule has 0 radical (unpaired) electrons. The number of benzene rings is 3. The first-order chi connectivity index (χ1) is 16.8. The van der Waals surface area contributed by atoms with Gasteiger partial charge < -0.3 is 4.67 Å². The lowest BCUT2D eigenvalue weighted by Crippen LogP contribution is -2.35. The van der Waals surface area contributed by atoms with Crippen LogP contribution in [0.3, 0.4) is 0 Å². The normalized spacial score (nSPS) is 15.0. The van der Waals surface area contributed by atoms with E-state index in [1.54, 1.807) is 0 Å². The first-order valence-electron chi connectivity index (χ1n) is 13.3. The molecule has 0 unspecified atom stereocenters. The number of hydrogen-bond acceptors (Lipinski definition) is 2. The Hall–Kier alpha value is -2.44. The number of hydrogen-bond donors (Lipinski definition) is 0. The van der Waals surface area contributed by atoms with Crippen molar-refractivity contribution < 1.29 is 0 Å². The molecular formula is C33H43N2P. The molecule has 0 spiro atoms. The van der Waals surface area contributed by atoms with E-state index in [2.05, 4.69) is 141 Å². The lowest BCUT2D eigenvalue weighted by atomic mass is 9.75. The second-order valence-electron chi connectivity index (χ2n) is 12.3. The summed E-state index contributed by atoms with van der Waals surface area (Å²) in [7, 11) is -0.566. The zero-order valence-electron chi connectivity index (χ0n) is 23.8. The molecule has 3 aromatic carbocycles. The Bertz CT molecular complexity index is 1270. The summed E-state index contributed by atoms with van der Waals surface area (Å²) < 4.78 is 2.65. The molecule has 0 aromatic heterocycles. The van der Waals surface area contributed by atoms with Crippen LogP contribution < -0.4 is 4.67 Å². The van der Waals surface area contributed by atoms with Crippen LogP contribution in [0.5, 0.6) is 0 Å². The number of aryl methyl sites for hydroxylation is 1. The molecule has 0 fully saturated rings. The van der Waals surface area contributed by atoms with E-state index >= 15 is 0 Å². The van der Waals surface area contributed by atoms with Crippen molar-refractivity contribution in [2.75, 3.05) is 4.67 Å². The number of amidine groups is 1. The largest absolute Gasteiger partial charge is 0.303 e. The van der Waals surface area contributed by atoms with E-state index in [1.807, 2.05) is 0 Å². The summed E-state index contributed by atoms with van der Waals surface area (Å²) in [5, 5.41) is 0. The number of anilines is 1. The maximum atomic E-state index is 5.55. The summed E-state index contributed by atoms with van der Waals surface area (Å²) in [5.74, 6) is 1.09. The lowest BCUT2D eigenvalue weighted by Gasteiger charge is -2.42. The Balaban J connectivity index is 2.14. The molecule has 0 saturated carbocycles. The van der Waals surface area contributed by atoms with E-state index in [1.165, 1.54) is 33.5 Å². The van der Waals surface area contributed by atoms with Crippen LogP contribution in [0.25, 0.3) is 0 Å². The highest BCUT2D eigenvalue weighted by Crippen LogP contribution is 2.55. The summed E-state index contributed by atoms with van der Waals surface area (Å²) in [4.78, 5) is 5.55. The van der Waals surface area contributed by atoms with Gasteiger partial charge in [-0.25, -0.2) is 4.99 Å². The molecule has 0 saturated heterocycles. The van der Waals surface area contributed by atoms with Gasteiger partial charge in [-0.3, -0.25) is 0 Å². The average Bonchev–Trinajstić information content (AvgIpc) is 2.89. The zero-order chi connectivity index (χ0) is 26.4. The molecule has 1 heterocycles. The Kier molecular flexibility index (Phi) is 7.24. The first-order valence-corrected chi connectivity index (χ1v) is 14.7. The number of rotatable bonds is 4. The summed E-state index contributed by atoms with van der Waals surface area (Å²) in [6, 6.07) is 24.7. The van der Waals surface area contributed by atoms with Crippen molar-refractivity contribution in [3.63, 3.8) is 0 Å². The van der Waals surface area contributed by atoms with E-state index in [0.717, 1.165) is 11.5 Å². The van der Waals surface area contributed by atoms with Crippen molar-refractivity contribution in [2.45, 2.75) is 91.4 Å². The summed E-state index contributed by atoms with van der Waals surface area (Å²) in [6.07, 6.45) is 0. The smallest absolute Gasteiger partial charge is 0.144 e. The van der Waals surface area contributed by atoms with Gasteiger partial charge in [0.05, 0.1) is 5.69 Å². The van der Waals surface area contributed by atoms with Gasteiger partial charge in [-0.05, 0) is 52.5 Å². The maximum Gasteiger partial charge on any atom is 0.144 e. The third kappa shape index (κ3) is 4.78. The highest BCUT2D eigenvalue weighted by molar-refractivity contribution is 7.61. The predicted octanol–water partition coefficient (Wildman–Crippen LogP) is 9.73. The third-order valence-electron chi connectivity index (χ3n) is 7.32. The Labute approximate surface area is 220 Å². The second-order valence-corrected chi connectivity index (χ2v) is 15.5. The molecule has 4 rings (SSSR count). The Morgan fingerprint density at radius 3 is 2.06 bits per heavy atom. The number of aliphatic imine (C=N–C) groups is 1. The lowest BCUT2D eigenvalue weighted by molar-refractivity contribution is 0.591. The highest BCUT2D eigenvalue weighted by Gasteiger charge is 2.38. The molecule has 190 valence electrons. The number of para-hydroxylation sites is 2. The van der Waals surface area contributed by atoms with Crippen LogP contribution in [-0.4, -0.2) is 17.2 Å². The van der Waals surface area contributed by atoms with Crippen molar-refractivity contribution in [3.8, 4) is 0 Å². The molecule has 3 aromatic rings. The standard InChI is InChI=1S/C33H43N2P/c1-22(2)36(23(3)4)35(30-18-14-12-16-27(30)32(6,7)8)31-25-20-19-24(5)21-28(25)33(9,10)26-15-11-13-17-29(26)34-31/h11-23H,1-10H3. The first kappa shape index (κ1) is 26.6. The van der Waals surface area contributed by atoms with Crippen LogP contribution in [-0.2, 0) is 10.8 Å². The van der Waals surface area contributed by atoms with Crippen molar-refractivity contribution >= 4 is 25.3 Å². The molecular weight excluding hydrogens is 455 g/mol. The van der Waals surface area contributed by atoms with Crippen molar-refractivity contribution in [3.05, 3.63) is 94.5 Å². The minimum atomic E-state index is -0.566. The summed E-state index contributed by atoms with van der Waals surface area (Å²) >= 11 is 0. The zero-order valence-corrected chi connectivity index (χ0v) is 24.7. The topological polar surface area (TPSA) is 15.6 Å². The van der Waals surface area contributed by atoms with Crippen LogP contribution in [0, 0.1) is 6.92 Å². The number of fused-ring (bicyclic) bond motifs is 2. The fraction of sp³-hybridized carbons (Fsp3) is 0.424. The summed E-state index contributed by atoms with van der Waals surface area (Å²) in [6.45, 7) is 23.4. The van der Waals surface area contributed by atoms with Gasteiger partial charge in [0.2, 0.25) is 0 Å². The molecule has 2 nitrogen and oxygen atoms in total. The van der Waals surface area contributed by atoms with Gasteiger partial charge in [0.15, 0.2) is 0 Å². The fourth-order valence-corrected chi connectivity index (χ4v) is 8.56. The fourth-order valence-electron chi connectivity index (χ4n) is 5.65. The van der Waals surface area contributed by atoms with Crippen molar-refractivity contribution in [1.29, 1.82) is 0 Å². The van der Waals surface area contributed by atoms with E-state index in [9.17, 15) is 0 Å². The Morgan fingerprint density at radius 2 is 1.42 bits per heavy atom. The van der Waals surface area contributed by atoms with Crippen LogP contribution in [0.15, 0.2) is 71.7 Å². The van der Waals surface area contributed by atoms with Crippen LogP contribution >= 0.6 is 8.07 Å². The van der Waals surface area contributed by atoms with Gasteiger partial charge in [-0.2, -0.15) is 0 Å². The van der Waals surface area contributed by atoms with Gasteiger partial charge in [0.25, 0.3) is 0 Å². The van der Waals surface area contributed by atoms with Crippen molar-refractivity contribution in [1.82, 2.24) is 0 Å². The van der Waals surface area contributed by atoms with Crippen molar-refractivity contribution in [2.24, 2.45) is 4.99 Å².